The maximum Gasteiger partial charge on any atom is 0.123 e. The van der Waals surface area contributed by atoms with Crippen molar-refractivity contribution in [2.45, 2.75) is 39.5 Å². The molecule has 1 aromatic heterocycles. The fourth-order valence-corrected chi connectivity index (χ4v) is 4.78. The van der Waals surface area contributed by atoms with Gasteiger partial charge in [-0.25, -0.2) is 4.98 Å². The highest BCUT2D eigenvalue weighted by molar-refractivity contribution is 7.18. The topological polar surface area (TPSA) is 36.7 Å². The zero-order chi connectivity index (χ0) is 18.1. The molecule has 0 radical (unpaired) electrons. The average Bonchev–Trinajstić information content (AvgIpc) is 3.30. The first kappa shape index (κ1) is 17.0. The minimum Gasteiger partial charge on any atom is -0.244 e. The molecular weight excluding hydrogens is 336 g/mol. The third-order valence-corrected chi connectivity index (χ3v) is 6.10. The zero-order valence-corrected chi connectivity index (χ0v) is 16.1. The molecule has 3 heteroatoms. The lowest BCUT2D eigenvalue weighted by Crippen LogP contribution is -1.97. The number of hydrogen-bond donors (Lipinski definition) is 0. The number of hydrogen-bond acceptors (Lipinski definition) is 3. The van der Waals surface area contributed by atoms with Crippen LogP contribution in [0.4, 0.5) is 0 Å². The smallest absolute Gasteiger partial charge is 0.123 e. The van der Waals surface area contributed by atoms with Gasteiger partial charge in [0.15, 0.2) is 0 Å². The number of fused-ring (bicyclic) bond motifs is 1. The van der Waals surface area contributed by atoms with Crippen LogP contribution >= 0.6 is 11.3 Å². The molecule has 0 fully saturated rings. The van der Waals surface area contributed by atoms with E-state index in [2.05, 4.69) is 55.2 Å². The molecule has 1 aliphatic carbocycles. The Hall–Kier alpha value is -2.44. The predicted molar refractivity (Wildman–Crippen MR) is 108 cm³/mol. The summed E-state index contributed by atoms with van der Waals surface area (Å²) in [5, 5.41) is 10.5. The Balaban J connectivity index is 1.69. The third kappa shape index (κ3) is 3.18. The maximum atomic E-state index is 9.52. The molecule has 26 heavy (non-hydrogen) atoms. The summed E-state index contributed by atoms with van der Waals surface area (Å²) in [5.74, 6) is 0.541. The summed E-state index contributed by atoms with van der Waals surface area (Å²) in [5.41, 5.74) is 7.26. The molecule has 3 aromatic rings. The first-order valence-electron chi connectivity index (χ1n) is 9.26. The molecule has 1 aliphatic rings. The molecule has 130 valence electrons. The van der Waals surface area contributed by atoms with Crippen molar-refractivity contribution in [3.05, 3.63) is 64.8 Å². The maximum absolute atomic E-state index is 9.52. The number of aromatic nitrogens is 1. The first-order valence-corrected chi connectivity index (χ1v) is 10.1. The summed E-state index contributed by atoms with van der Waals surface area (Å²) in [6.45, 7) is 4.36. The Morgan fingerprint density at radius 1 is 1.19 bits per heavy atom. The lowest BCUT2D eigenvalue weighted by atomic mass is 9.97. The van der Waals surface area contributed by atoms with Crippen LogP contribution in [0.1, 0.15) is 42.5 Å². The van der Waals surface area contributed by atoms with E-state index in [1.54, 1.807) is 11.3 Å². The molecule has 0 saturated heterocycles. The van der Waals surface area contributed by atoms with E-state index in [0.29, 0.717) is 5.92 Å². The standard InChI is InChI=1S/C23H22N2S/c1-15(2)11-17-9-10-18(12-19(17)13-24)23-25-14-22(26-23)21-8-4-6-16-5-3-7-20(16)21/h4,6,8-10,12,14-15H,3,5,7,11H2,1-2H3. The number of nitriles is 1. The van der Waals surface area contributed by atoms with Gasteiger partial charge in [-0.1, -0.05) is 44.2 Å². The second-order valence-electron chi connectivity index (χ2n) is 7.41. The van der Waals surface area contributed by atoms with Crippen LogP contribution in [0.2, 0.25) is 0 Å². The molecule has 0 spiro atoms. The van der Waals surface area contributed by atoms with E-state index >= 15 is 0 Å². The van der Waals surface area contributed by atoms with E-state index in [-0.39, 0.29) is 0 Å². The molecule has 1 heterocycles. The van der Waals surface area contributed by atoms with Gasteiger partial charge < -0.3 is 0 Å². The van der Waals surface area contributed by atoms with Crippen molar-refractivity contribution in [3.63, 3.8) is 0 Å². The van der Waals surface area contributed by atoms with Crippen LogP contribution in [-0.4, -0.2) is 4.98 Å². The van der Waals surface area contributed by atoms with Crippen LogP contribution in [0, 0.1) is 17.2 Å². The molecule has 2 nitrogen and oxygen atoms in total. The molecule has 0 N–H and O–H groups in total. The van der Waals surface area contributed by atoms with Crippen molar-refractivity contribution in [1.82, 2.24) is 4.98 Å². The second-order valence-corrected chi connectivity index (χ2v) is 8.44. The summed E-state index contributed by atoms with van der Waals surface area (Å²) in [6, 6.07) is 15.2. The van der Waals surface area contributed by atoms with Crippen molar-refractivity contribution in [2.24, 2.45) is 5.92 Å². The summed E-state index contributed by atoms with van der Waals surface area (Å²) in [7, 11) is 0. The monoisotopic (exact) mass is 358 g/mol. The highest BCUT2D eigenvalue weighted by Gasteiger charge is 2.17. The second kappa shape index (κ2) is 7.05. The molecule has 0 unspecified atom stereocenters. The van der Waals surface area contributed by atoms with Gasteiger partial charge in [0, 0.05) is 11.8 Å². The van der Waals surface area contributed by atoms with Crippen LogP contribution in [0.3, 0.4) is 0 Å². The lowest BCUT2D eigenvalue weighted by Gasteiger charge is -2.08. The van der Waals surface area contributed by atoms with Gasteiger partial charge in [-0.2, -0.15) is 5.26 Å². The van der Waals surface area contributed by atoms with E-state index in [1.165, 1.54) is 40.8 Å². The highest BCUT2D eigenvalue weighted by Crippen LogP contribution is 2.38. The van der Waals surface area contributed by atoms with Gasteiger partial charge in [0.05, 0.1) is 16.5 Å². The van der Waals surface area contributed by atoms with Gasteiger partial charge in [0.2, 0.25) is 0 Å². The predicted octanol–water partition coefficient (Wildman–Crippen LogP) is 6.04. The number of benzene rings is 2. The Labute approximate surface area is 159 Å². The molecule has 0 saturated carbocycles. The Kier molecular flexibility index (Phi) is 4.61. The molecule has 0 bridgehead atoms. The molecule has 2 aromatic carbocycles. The van der Waals surface area contributed by atoms with Crippen LogP contribution in [0.15, 0.2) is 42.6 Å². The van der Waals surface area contributed by atoms with Crippen LogP contribution in [0.5, 0.6) is 0 Å². The van der Waals surface area contributed by atoms with Crippen molar-refractivity contribution < 1.29 is 0 Å². The SMILES string of the molecule is CC(C)Cc1ccc(-c2ncc(-c3cccc4c3CCC4)s2)cc1C#N. The van der Waals surface area contributed by atoms with Crippen molar-refractivity contribution in [3.8, 4) is 27.1 Å². The van der Waals surface area contributed by atoms with Crippen LogP contribution < -0.4 is 0 Å². The summed E-state index contributed by atoms with van der Waals surface area (Å²) in [4.78, 5) is 5.89. The van der Waals surface area contributed by atoms with Gasteiger partial charge in [0.1, 0.15) is 5.01 Å². The minimum atomic E-state index is 0.541. The van der Waals surface area contributed by atoms with E-state index < -0.39 is 0 Å². The van der Waals surface area contributed by atoms with Gasteiger partial charge in [-0.15, -0.1) is 11.3 Å². The van der Waals surface area contributed by atoms with Gasteiger partial charge in [-0.05, 0) is 59.9 Å². The van der Waals surface area contributed by atoms with Crippen molar-refractivity contribution in [2.75, 3.05) is 0 Å². The van der Waals surface area contributed by atoms with Gasteiger partial charge in [0.25, 0.3) is 0 Å². The zero-order valence-electron chi connectivity index (χ0n) is 15.2. The number of aryl methyl sites for hydroxylation is 1. The van der Waals surface area contributed by atoms with Gasteiger partial charge >= 0.3 is 0 Å². The number of rotatable bonds is 4. The number of thiazole rings is 1. The minimum absolute atomic E-state index is 0.541. The Morgan fingerprint density at radius 3 is 2.88 bits per heavy atom. The average molecular weight is 359 g/mol. The molecule has 0 aliphatic heterocycles. The largest absolute Gasteiger partial charge is 0.244 e. The quantitative estimate of drug-likeness (QED) is 0.570. The fourth-order valence-electron chi connectivity index (χ4n) is 3.81. The van der Waals surface area contributed by atoms with Crippen molar-refractivity contribution >= 4 is 11.3 Å². The third-order valence-electron chi connectivity index (χ3n) is 5.02. The van der Waals surface area contributed by atoms with E-state index in [9.17, 15) is 5.26 Å². The fraction of sp³-hybridized carbons (Fsp3) is 0.304. The number of nitrogens with zero attached hydrogens (tertiary/aromatic N) is 2. The highest BCUT2D eigenvalue weighted by atomic mass is 32.1. The Morgan fingerprint density at radius 2 is 2.08 bits per heavy atom. The lowest BCUT2D eigenvalue weighted by molar-refractivity contribution is 0.646. The molecule has 4 rings (SSSR count). The van der Waals surface area contributed by atoms with Gasteiger partial charge in [-0.3, -0.25) is 0 Å². The van der Waals surface area contributed by atoms with E-state index in [4.69, 9.17) is 0 Å². The Bertz CT molecular complexity index is 992. The molecule has 0 atom stereocenters. The van der Waals surface area contributed by atoms with Crippen molar-refractivity contribution in [1.29, 1.82) is 5.26 Å². The first-order chi connectivity index (χ1) is 12.7. The van der Waals surface area contributed by atoms with E-state index in [0.717, 1.165) is 28.1 Å². The summed E-state index contributed by atoms with van der Waals surface area (Å²) < 4.78 is 0. The normalized spacial score (nSPS) is 13.0. The molecular formula is C23H22N2S. The molecule has 0 amide bonds. The summed E-state index contributed by atoms with van der Waals surface area (Å²) in [6.07, 6.45) is 6.53. The van der Waals surface area contributed by atoms with Crippen LogP contribution in [0.25, 0.3) is 21.0 Å². The van der Waals surface area contributed by atoms with Crippen LogP contribution in [-0.2, 0) is 19.3 Å². The van der Waals surface area contributed by atoms with E-state index in [1.807, 2.05) is 12.3 Å². The summed E-state index contributed by atoms with van der Waals surface area (Å²) >= 11 is 1.72.